The van der Waals surface area contributed by atoms with Crippen molar-refractivity contribution in [2.45, 2.75) is 45.8 Å². The molecular formula is C10H20INO3. The maximum Gasteiger partial charge on any atom is 0.307 e. The Balaban J connectivity index is 4.00. The molecule has 0 aromatic rings. The van der Waals surface area contributed by atoms with Crippen LogP contribution in [0.15, 0.2) is 0 Å². The molecule has 0 aliphatic heterocycles. The van der Waals surface area contributed by atoms with Crippen molar-refractivity contribution in [3.63, 3.8) is 0 Å². The highest BCUT2D eigenvalue weighted by atomic mass is 127. The summed E-state index contributed by atoms with van der Waals surface area (Å²) < 4.78 is 8.12. The van der Waals surface area contributed by atoms with E-state index in [0.717, 1.165) is 6.42 Å². The maximum atomic E-state index is 11.5. The van der Waals surface area contributed by atoms with Crippen LogP contribution in [-0.2, 0) is 9.53 Å². The van der Waals surface area contributed by atoms with Crippen molar-refractivity contribution in [1.29, 1.82) is 0 Å². The van der Waals surface area contributed by atoms with Crippen LogP contribution >= 0.6 is 22.9 Å². The molecule has 2 N–H and O–H groups in total. The summed E-state index contributed by atoms with van der Waals surface area (Å²) in [5.41, 5.74) is 0. The lowest BCUT2D eigenvalue weighted by Crippen LogP contribution is -2.31. The van der Waals surface area contributed by atoms with Crippen LogP contribution in [0, 0.1) is 5.92 Å². The van der Waals surface area contributed by atoms with Crippen molar-refractivity contribution >= 4 is 28.8 Å². The summed E-state index contributed by atoms with van der Waals surface area (Å²) in [6, 6.07) is -0.220. The van der Waals surface area contributed by atoms with Crippen LogP contribution in [0.2, 0.25) is 0 Å². The van der Waals surface area contributed by atoms with Gasteiger partial charge in [0.25, 0.3) is 0 Å². The van der Waals surface area contributed by atoms with Crippen LogP contribution in [-0.4, -0.2) is 29.8 Å². The number of nitrogens with one attached hydrogen (secondary N) is 1. The van der Waals surface area contributed by atoms with Gasteiger partial charge in [-0.2, -0.15) is 0 Å². The standard InChI is InChI=1S/C10H20INO3/c1-4-9(7(2)3)15-10(14)5-8(6-13)12-11/h7-9,12-13H,4-6H2,1-3H3. The lowest BCUT2D eigenvalue weighted by atomic mass is 10.1. The van der Waals surface area contributed by atoms with Gasteiger partial charge in [0.05, 0.1) is 13.0 Å². The van der Waals surface area contributed by atoms with E-state index >= 15 is 0 Å². The van der Waals surface area contributed by atoms with Gasteiger partial charge in [-0.15, -0.1) is 0 Å². The van der Waals surface area contributed by atoms with Crippen LogP contribution in [0.4, 0.5) is 0 Å². The summed E-state index contributed by atoms with van der Waals surface area (Å²) in [5, 5.41) is 8.90. The van der Waals surface area contributed by atoms with E-state index in [-0.39, 0.29) is 31.1 Å². The monoisotopic (exact) mass is 329 g/mol. The Morgan fingerprint density at radius 1 is 1.53 bits per heavy atom. The highest BCUT2D eigenvalue weighted by molar-refractivity contribution is 14.1. The quantitative estimate of drug-likeness (QED) is 0.424. The lowest BCUT2D eigenvalue weighted by Gasteiger charge is -2.20. The zero-order valence-corrected chi connectivity index (χ0v) is 11.7. The minimum absolute atomic E-state index is 0.0222. The normalized spacial score (nSPS) is 15.1. The Labute approximate surface area is 105 Å². The minimum atomic E-state index is -0.251. The molecule has 0 amide bonds. The molecule has 0 aromatic heterocycles. The minimum Gasteiger partial charge on any atom is -0.462 e. The number of rotatable bonds is 7. The predicted molar refractivity (Wildman–Crippen MR) is 67.7 cm³/mol. The van der Waals surface area contributed by atoms with E-state index in [1.54, 1.807) is 0 Å². The topological polar surface area (TPSA) is 58.6 Å². The summed E-state index contributed by atoms with van der Waals surface area (Å²) in [6.07, 6.45) is 1.01. The second kappa shape index (κ2) is 8.29. The molecule has 0 rings (SSSR count). The third-order valence-corrected chi connectivity index (χ3v) is 3.10. The number of halogens is 1. The number of hydrogen-bond acceptors (Lipinski definition) is 4. The third kappa shape index (κ3) is 6.32. The Kier molecular flexibility index (Phi) is 8.36. The molecule has 15 heavy (non-hydrogen) atoms. The van der Waals surface area contributed by atoms with Gasteiger partial charge in [0.2, 0.25) is 0 Å². The van der Waals surface area contributed by atoms with Crippen molar-refractivity contribution in [3.05, 3.63) is 0 Å². The van der Waals surface area contributed by atoms with E-state index in [2.05, 4.69) is 3.53 Å². The molecule has 0 spiro atoms. The van der Waals surface area contributed by atoms with Gasteiger partial charge in [0.1, 0.15) is 6.10 Å². The van der Waals surface area contributed by atoms with Gasteiger partial charge in [0.15, 0.2) is 0 Å². The molecule has 0 saturated heterocycles. The van der Waals surface area contributed by atoms with Crippen molar-refractivity contribution < 1.29 is 14.6 Å². The third-order valence-electron chi connectivity index (χ3n) is 2.22. The first-order valence-electron chi connectivity index (χ1n) is 5.21. The number of aliphatic hydroxyl groups is 1. The molecule has 0 radical (unpaired) electrons. The van der Waals surface area contributed by atoms with Gasteiger partial charge in [-0.1, -0.05) is 20.8 Å². The average molecular weight is 329 g/mol. The SMILES string of the molecule is CCC(OC(=O)CC(CO)NI)C(C)C. The van der Waals surface area contributed by atoms with E-state index in [1.165, 1.54) is 0 Å². The van der Waals surface area contributed by atoms with Gasteiger partial charge >= 0.3 is 5.97 Å². The number of aliphatic hydroxyl groups excluding tert-OH is 1. The van der Waals surface area contributed by atoms with Crippen LogP contribution in [0.25, 0.3) is 0 Å². The van der Waals surface area contributed by atoms with E-state index in [9.17, 15) is 4.79 Å². The molecule has 0 aromatic carbocycles. The van der Waals surface area contributed by atoms with E-state index in [4.69, 9.17) is 9.84 Å². The predicted octanol–water partition coefficient (Wildman–Crippen LogP) is 1.65. The molecule has 0 bridgehead atoms. The van der Waals surface area contributed by atoms with Gasteiger partial charge < -0.3 is 9.84 Å². The molecule has 0 fully saturated rings. The van der Waals surface area contributed by atoms with Crippen LogP contribution in [0.5, 0.6) is 0 Å². The van der Waals surface area contributed by atoms with Crippen LogP contribution in [0.3, 0.4) is 0 Å². The van der Waals surface area contributed by atoms with Gasteiger partial charge in [-0.25, -0.2) is 0 Å². The summed E-state index contributed by atoms with van der Waals surface area (Å²) in [7, 11) is 0. The van der Waals surface area contributed by atoms with E-state index in [0.29, 0.717) is 5.92 Å². The highest BCUT2D eigenvalue weighted by Gasteiger charge is 2.18. The molecule has 4 nitrogen and oxygen atoms in total. The van der Waals surface area contributed by atoms with Crippen molar-refractivity contribution in [3.8, 4) is 0 Å². The van der Waals surface area contributed by atoms with E-state index in [1.807, 2.05) is 43.6 Å². The molecule has 5 heteroatoms. The fourth-order valence-corrected chi connectivity index (χ4v) is 1.66. The fraction of sp³-hybridized carbons (Fsp3) is 0.900. The summed E-state index contributed by atoms with van der Waals surface area (Å²) >= 11 is 1.92. The van der Waals surface area contributed by atoms with Crippen molar-refractivity contribution in [2.24, 2.45) is 5.92 Å². The Morgan fingerprint density at radius 3 is 2.47 bits per heavy atom. The summed E-state index contributed by atoms with van der Waals surface area (Å²) in [4.78, 5) is 11.5. The second-order valence-electron chi connectivity index (χ2n) is 3.87. The number of esters is 1. The first-order valence-corrected chi connectivity index (χ1v) is 6.29. The fourth-order valence-electron chi connectivity index (χ4n) is 1.25. The van der Waals surface area contributed by atoms with Crippen molar-refractivity contribution in [1.82, 2.24) is 3.53 Å². The van der Waals surface area contributed by atoms with Gasteiger partial charge in [-0.3, -0.25) is 8.32 Å². The molecule has 0 aliphatic rings. The molecular weight excluding hydrogens is 309 g/mol. The molecule has 0 heterocycles. The molecule has 0 aliphatic carbocycles. The molecule has 2 atom stereocenters. The average Bonchev–Trinajstić information content (AvgIpc) is 2.22. The summed E-state index contributed by atoms with van der Waals surface area (Å²) in [5.74, 6) is 0.0813. The van der Waals surface area contributed by atoms with Gasteiger partial charge in [0, 0.05) is 28.9 Å². The zero-order chi connectivity index (χ0) is 11.8. The number of ether oxygens (including phenoxy) is 1. The van der Waals surface area contributed by atoms with E-state index < -0.39 is 0 Å². The first kappa shape index (κ1) is 15.1. The lowest BCUT2D eigenvalue weighted by molar-refractivity contribution is -0.152. The summed E-state index contributed by atoms with van der Waals surface area (Å²) in [6.45, 7) is 6.00. The molecule has 90 valence electrons. The zero-order valence-electron chi connectivity index (χ0n) is 9.50. The molecule has 2 unspecified atom stereocenters. The first-order chi connectivity index (χ1) is 7.04. The number of hydrogen-bond donors (Lipinski definition) is 2. The van der Waals surface area contributed by atoms with Crippen LogP contribution in [0.1, 0.15) is 33.6 Å². The smallest absolute Gasteiger partial charge is 0.307 e. The Hall–Kier alpha value is 0.120. The largest absolute Gasteiger partial charge is 0.462 e. The molecule has 0 saturated carbocycles. The van der Waals surface area contributed by atoms with Crippen LogP contribution < -0.4 is 3.53 Å². The number of carbonyl (C=O) groups excluding carboxylic acids is 1. The van der Waals surface area contributed by atoms with Crippen molar-refractivity contribution in [2.75, 3.05) is 6.61 Å². The maximum absolute atomic E-state index is 11.5. The second-order valence-corrected chi connectivity index (χ2v) is 4.50. The highest BCUT2D eigenvalue weighted by Crippen LogP contribution is 2.11. The Morgan fingerprint density at radius 2 is 2.13 bits per heavy atom. The Bertz CT molecular complexity index is 184. The van der Waals surface area contributed by atoms with Gasteiger partial charge in [-0.05, 0) is 12.3 Å². The number of carbonyl (C=O) groups is 1.